The number of benzene rings is 8. The molecule has 0 spiro atoms. The smallest absolute Gasteiger partial charge is 0.142 e. The summed E-state index contributed by atoms with van der Waals surface area (Å²) < 4.78 is 7.19. The molecule has 54 heavy (non-hydrogen) atoms. The van der Waals surface area contributed by atoms with Crippen LogP contribution in [0.4, 0.5) is 17.1 Å². The summed E-state index contributed by atoms with van der Waals surface area (Å²) in [6.45, 7) is 4.70. The van der Waals surface area contributed by atoms with Gasteiger partial charge >= 0.3 is 0 Å². The molecule has 1 aromatic heterocycles. The number of anilines is 3. The minimum absolute atomic E-state index is 0.128. The van der Waals surface area contributed by atoms with E-state index < -0.39 is 5.41 Å². The highest BCUT2D eigenvalue weighted by molar-refractivity contribution is 6.16. The van der Waals surface area contributed by atoms with E-state index in [1.54, 1.807) is 0 Å². The van der Waals surface area contributed by atoms with Crippen LogP contribution >= 0.6 is 0 Å². The summed E-state index contributed by atoms with van der Waals surface area (Å²) in [7, 11) is 0. The monoisotopic (exact) mass is 691 g/mol. The van der Waals surface area contributed by atoms with Gasteiger partial charge in [0.25, 0.3) is 0 Å². The molecular formula is C52H37NO. The van der Waals surface area contributed by atoms with E-state index in [1.807, 2.05) is 0 Å². The van der Waals surface area contributed by atoms with E-state index in [1.165, 1.54) is 50.1 Å². The summed E-state index contributed by atoms with van der Waals surface area (Å²) in [6, 6.07) is 68.7. The molecule has 0 saturated heterocycles. The van der Waals surface area contributed by atoms with E-state index in [9.17, 15) is 0 Å². The predicted molar refractivity (Wildman–Crippen MR) is 223 cm³/mol. The lowest BCUT2D eigenvalue weighted by molar-refractivity contribution is 0.648. The maximum atomic E-state index is 7.19. The van der Waals surface area contributed by atoms with Gasteiger partial charge in [0, 0.05) is 27.6 Å². The van der Waals surface area contributed by atoms with Gasteiger partial charge in [0.05, 0.1) is 22.2 Å². The predicted octanol–water partition coefficient (Wildman–Crippen LogP) is 13.7. The van der Waals surface area contributed by atoms with Crippen molar-refractivity contribution >= 4 is 39.0 Å². The first kappa shape index (κ1) is 30.9. The van der Waals surface area contributed by atoms with Crippen LogP contribution in [0.15, 0.2) is 192 Å². The van der Waals surface area contributed by atoms with Crippen molar-refractivity contribution in [2.45, 2.75) is 24.7 Å². The molecule has 256 valence electrons. The average Bonchev–Trinajstić information content (AvgIpc) is 3.84. The molecule has 0 amide bonds. The second-order valence-electron chi connectivity index (χ2n) is 15.2. The van der Waals surface area contributed by atoms with E-state index in [4.69, 9.17) is 4.42 Å². The van der Waals surface area contributed by atoms with Crippen LogP contribution in [0.3, 0.4) is 0 Å². The van der Waals surface area contributed by atoms with Crippen molar-refractivity contribution in [2.75, 3.05) is 4.90 Å². The Morgan fingerprint density at radius 2 is 1.00 bits per heavy atom. The molecular weight excluding hydrogens is 655 g/mol. The molecule has 2 nitrogen and oxygen atoms in total. The second kappa shape index (κ2) is 11.4. The summed E-state index contributed by atoms with van der Waals surface area (Å²) in [5.41, 5.74) is 17.1. The van der Waals surface area contributed by atoms with Crippen molar-refractivity contribution < 1.29 is 4.42 Å². The molecule has 2 aliphatic rings. The topological polar surface area (TPSA) is 16.4 Å². The largest absolute Gasteiger partial charge is 0.456 e. The first-order valence-corrected chi connectivity index (χ1v) is 18.9. The number of para-hydroxylation sites is 2. The third-order valence-corrected chi connectivity index (χ3v) is 12.1. The summed E-state index contributed by atoms with van der Waals surface area (Å²) in [5.74, 6) is 0. The van der Waals surface area contributed by atoms with Crippen molar-refractivity contribution in [1.82, 2.24) is 0 Å². The van der Waals surface area contributed by atoms with Gasteiger partial charge in [0.2, 0.25) is 0 Å². The number of fused-ring (bicyclic) bond motifs is 9. The molecule has 0 fully saturated rings. The van der Waals surface area contributed by atoms with Crippen molar-refractivity contribution in [1.29, 1.82) is 0 Å². The summed E-state index contributed by atoms with van der Waals surface area (Å²) in [6.07, 6.45) is 0. The van der Waals surface area contributed by atoms with Crippen molar-refractivity contribution in [2.24, 2.45) is 0 Å². The van der Waals surface area contributed by atoms with Gasteiger partial charge in [-0.25, -0.2) is 0 Å². The van der Waals surface area contributed by atoms with E-state index in [-0.39, 0.29) is 5.41 Å². The van der Waals surface area contributed by atoms with E-state index in [0.29, 0.717) is 0 Å². The molecule has 8 aromatic carbocycles. The minimum atomic E-state index is -0.604. The number of furan rings is 1. The van der Waals surface area contributed by atoms with Gasteiger partial charge in [-0.3, -0.25) is 0 Å². The molecule has 0 aliphatic heterocycles. The molecule has 0 bridgehead atoms. The molecule has 0 atom stereocenters. The summed E-state index contributed by atoms with van der Waals surface area (Å²) in [5, 5.41) is 2.20. The zero-order valence-electron chi connectivity index (χ0n) is 30.3. The van der Waals surface area contributed by atoms with Crippen LogP contribution in [0.5, 0.6) is 0 Å². The molecule has 11 rings (SSSR count). The quantitative estimate of drug-likeness (QED) is 0.179. The SMILES string of the molecule is CC1(C)c2ccccc2-c2c(N(c3ccccc3)c3ccc(C4(c5ccccc5)c5ccccc5-c5ccccc54)c4oc5ccccc5c34)cccc21. The first-order chi connectivity index (χ1) is 26.6. The highest BCUT2D eigenvalue weighted by Gasteiger charge is 2.48. The molecule has 2 aliphatic carbocycles. The van der Waals surface area contributed by atoms with Gasteiger partial charge < -0.3 is 9.32 Å². The van der Waals surface area contributed by atoms with Crippen LogP contribution in [0.25, 0.3) is 44.2 Å². The lowest BCUT2D eigenvalue weighted by Crippen LogP contribution is -2.29. The number of hydrogen-bond acceptors (Lipinski definition) is 2. The molecule has 2 heteroatoms. The van der Waals surface area contributed by atoms with Crippen LogP contribution in [0.1, 0.15) is 47.2 Å². The maximum absolute atomic E-state index is 7.19. The van der Waals surface area contributed by atoms with Gasteiger partial charge in [-0.2, -0.15) is 0 Å². The highest BCUT2D eigenvalue weighted by atomic mass is 16.3. The van der Waals surface area contributed by atoms with Crippen molar-refractivity contribution in [3.8, 4) is 22.3 Å². The fourth-order valence-corrected chi connectivity index (χ4v) is 9.88. The lowest BCUT2D eigenvalue weighted by atomic mass is 9.67. The summed E-state index contributed by atoms with van der Waals surface area (Å²) >= 11 is 0. The van der Waals surface area contributed by atoms with Gasteiger partial charge in [-0.1, -0.05) is 172 Å². The third kappa shape index (κ3) is 4.06. The molecule has 0 N–H and O–H groups in total. The number of nitrogens with zero attached hydrogens (tertiary/aromatic N) is 1. The fourth-order valence-electron chi connectivity index (χ4n) is 9.88. The van der Waals surface area contributed by atoms with Crippen molar-refractivity contribution in [3.05, 3.63) is 221 Å². The first-order valence-electron chi connectivity index (χ1n) is 18.9. The Morgan fingerprint density at radius 1 is 0.426 bits per heavy atom. The third-order valence-electron chi connectivity index (χ3n) is 12.1. The Labute approximate surface area is 315 Å². The Bertz CT molecular complexity index is 2870. The normalized spacial score (nSPS) is 14.4. The second-order valence-corrected chi connectivity index (χ2v) is 15.2. The lowest BCUT2D eigenvalue weighted by Gasteiger charge is -2.35. The highest BCUT2D eigenvalue weighted by Crippen LogP contribution is 2.60. The minimum Gasteiger partial charge on any atom is -0.456 e. The van der Waals surface area contributed by atoms with Crippen LogP contribution in [0.2, 0.25) is 0 Å². The Kier molecular flexibility index (Phi) is 6.55. The van der Waals surface area contributed by atoms with Crippen LogP contribution in [-0.4, -0.2) is 0 Å². The molecule has 9 aromatic rings. The average molecular weight is 692 g/mol. The van der Waals surface area contributed by atoms with Gasteiger partial charge in [0.15, 0.2) is 0 Å². The molecule has 1 heterocycles. The zero-order valence-corrected chi connectivity index (χ0v) is 30.3. The van der Waals surface area contributed by atoms with Gasteiger partial charge in [-0.05, 0) is 74.8 Å². The van der Waals surface area contributed by atoms with Crippen LogP contribution in [-0.2, 0) is 10.8 Å². The number of rotatable bonds is 5. The molecule has 0 saturated carbocycles. The zero-order chi connectivity index (χ0) is 36.0. The number of hydrogen-bond donors (Lipinski definition) is 0. The fraction of sp³-hybridized carbons (Fsp3) is 0.0769. The standard InChI is InChI=1S/C52H37NO/c1-51(2)40-26-13-11-24-38(40)48-43(51)29-17-30-45(48)53(35-20-7-4-8-21-35)46-33-32-44(50-49(46)39-25-12-16-31-47(39)54-50)52(34-18-5-3-6-19-34)41-27-14-9-22-36(41)37-23-10-15-28-42(37)52/h3-33H,1-2H3. The summed E-state index contributed by atoms with van der Waals surface area (Å²) in [4.78, 5) is 2.47. The molecule has 0 radical (unpaired) electrons. The van der Waals surface area contributed by atoms with E-state index in [0.717, 1.165) is 44.6 Å². The maximum Gasteiger partial charge on any atom is 0.142 e. The van der Waals surface area contributed by atoms with Crippen LogP contribution < -0.4 is 4.90 Å². The Hall–Kier alpha value is -6.64. The Balaban J connectivity index is 1.28. The molecule has 0 unspecified atom stereocenters. The van der Waals surface area contributed by atoms with Gasteiger partial charge in [-0.15, -0.1) is 0 Å². The Morgan fingerprint density at radius 3 is 1.72 bits per heavy atom. The van der Waals surface area contributed by atoms with Gasteiger partial charge in [0.1, 0.15) is 11.2 Å². The van der Waals surface area contributed by atoms with E-state index in [2.05, 4.69) is 207 Å². The van der Waals surface area contributed by atoms with E-state index >= 15 is 0 Å². The van der Waals surface area contributed by atoms with Crippen LogP contribution in [0, 0.1) is 0 Å². The van der Waals surface area contributed by atoms with Crippen molar-refractivity contribution in [3.63, 3.8) is 0 Å².